The maximum atomic E-state index is 5.53. The minimum absolute atomic E-state index is 0. The monoisotopic (exact) mass is 268 g/mol. The quantitative estimate of drug-likeness (QED) is 0.896. The SMILES string of the molecule is CN(CCc1ccc2c(c1)CCO2)C1CNC1.Cl. The number of hydrogen-bond acceptors (Lipinski definition) is 3. The van der Waals surface area contributed by atoms with Gasteiger partial charge in [-0.2, -0.15) is 0 Å². The number of halogens is 1. The first-order valence-corrected chi connectivity index (χ1v) is 6.48. The van der Waals surface area contributed by atoms with Gasteiger partial charge in [0, 0.05) is 32.1 Å². The molecule has 1 saturated heterocycles. The van der Waals surface area contributed by atoms with E-state index in [4.69, 9.17) is 4.74 Å². The van der Waals surface area contributed by atoms with Crippen LogP contribution in [0.2, 0.25) is 0 Å². The van der Waals surface area contributed by atoms with Crippen LogP contribution in [0.3, 0.4) is 0 Å². The molecule has 1 N–H and O–H groups in total. The Labute approximate surface area is 115 Å². The lowest BCUT2D eigenvalue weighted by Gasteiger charge is -2.35. The number of nitrogens with one attached hydrogen (secondary N) is 1. The molecule has 1 fully saturated rings. The maximum Gasteiger partial charge on any atom is 0.122 e. The number of hydrogen-bond donors (Lipinski definition) is 1. The summed E-state index contributed by atoms with van der Waals surface area (Å²) < 4.78 is 5.53. The summed E-state index contributed by atoms with van der Waals surface area (Å²) in [6.45, 7) is 4.29. The van der Waals surface area contributed by atoms with Crippen molar-refractivity contribution in [2.24, 2.45) is 0 Å². The van der Waals surface area contributed by atoms with Crippen molar-refractivity contribution >= 4 is 12.4 Å². The van der Waals surface area contributed by atoms with Crippen molar-refractivity contribution < 1.29 is 4.74 Å². The van der Waals surface area contributed by atoms with Crippen LogP contribution in [-0.4, -0.2) is 44.2 Å². The normalized spacial score (nSPS) is 17.9. The van der Waals surface area contributed by atoms with Crippen LogP contribution < -0.4 is 10.1 Å². The van der Waals surface area contributed by atoms with Gasteiger partial charge in [-0.1, -0.05) is 12.1 Å². The van der Waals surface area contributed by atoms with E-state index in [1.165, 1.54) is 11.1 Å². The smallest absolute Gasteiger partial charge is 0.122 e. The Kier molecular flexibility index (Phi) is 4.49. The van der Waals surface area contributed by atoms with E-state index in [2.05, 4.69) is 35.5 Å². The van der Waals surface area contributed by atoms with Gasteiger partial charge in [0.25, 0.3) is 0 Å². The average molecular weight is 269 g/mol. The van der Waals surface area contributed by atoms with E-state index in [-0.39, 0.29) is 12.4 Å². The summed E-state index contributed by atoms with van der Waals surface area (Å²) in [5.74, 6) is 1.09. The third kappa shape index (κ3) is 2.79. The number of fused-ring (bicyclic) bond motifs is 1. The molecule has 2 aliphatic rings. The molecule has 0 bridgehead atoms. The molecule has 3 rings (SSSR count). The van der Waals surface area contributed by atoms with E-state index in [0.29, 0.717) is 0 Å². The Balaban J connectivity index is 0.00000120. The first-order chi connectivity index (χ1) is 8.33. The van der Waals surface area contributed by atoms with Crippen LogP contribution in [0, 0.1) is 0 Å². The fraction of sp³-hybridized carbons (Fsp3) is 0.571. The molecular formula is C14H21ClN2O. The predicted octanol–water partition coefficient (Wildman–Crippen LogP) is 1.49. The van der Waals surface area contributed by atoms with Crippen LogP contribution >= 0.6 is 12.4 Å². The van der Waals surface area contributed by atoms with Crippen molar-refractivity contribution in [3.63, 3.8) is 0 Å². The van der Waals surface area contributed by atoms with Gasteiger partial charge in [-0.15, -0.1) is 12.4 Å². The summed E-state index contributed by atoms with van der Waals surface area (Å²) >= 11 is 0. The van der Waals surface area contributed by atoms with Crippen LogP contribution in [0.25, 0.3) is 0 Å². The second-order valence-electron chi connectivity index (χ2n) is 5.08. The molecule has 0 radical (unpaired) electrons. The third-order valence-electron chi connectivity index (χ3n) is 3.89. The molecular weight excluding hydrogens is 248 g/mol. The molecule has 100 valence electrons. The lowest BCUT2D eigenvalue weighted by Crippen LogP contribution is -2.56. The number of benzene rings is 1. The van der Waals surface area contributed by atoms with E-state index < -0.39 is 0 Å². The summed E-state index contributed by atoms with van der Waals surface area (Å²) in [5, 5.41) is 3.32. The fourth-order valence-electron chi connectivity index (χ4n) is 2.47. The fourth-order valence-corrected chi connectivity index (χ4v) is 2.47. The lowest BCUT2D eigenvalue weighted by atomic mass is 10.1. The maximum absolute atomic E-state index is 5.53. The van der Waals surface area contributed by atoms with E-state index in [1.807, 2.05) is 0 Å². The molecule has 3 nitrogen and oxygen atoms in total. The molecule has 18 heavy (non-hydrogen) atoms. The van der Waals surface area contributed by atoms with Crippen LogP contribution in [-0.2, 0) is 12.8 Å². The molecule has 0 atom stereocenters. The number of nitrogens with zero attached hydrogens (tertiary/aromatic N) is 1. The highest BCUT2D eigenvalue weighted by Crippen LogP contribution is 2.26. The van der Waals surface area contributed by atoms with Crippen LogP contribution in [0.5, 0.6) is 5.75 Å². The Morgan fingerprint density at radius 2 is 2.22 bits per heavy atom. The average Bonchev–Trinajstić information content (AvgIpc) is 2.71. The second kappa shape index (κ2) is 5.91. The minimum atomic E-state index is 0. The highest BCUT2D eigenvalue weighted by Gasteiger charge is 2.21. The van der Waals surface area contributed by atoms with Crippen molar-refractivity contribution in [3.8, 4) is 5.75 Å². The molecule has 1 aromatic carbocycles. The van der Waals surface area contributed by atoms with Crippen molar-refractivity contribution in [1.29, 1.82) is 0 Å². The zero-order chi connectivity index (χ0) is 11.7. The molecule has 0 unspecified atom stereocenters. The van der Waals surface area contributed by atoms with Crippen molar-refractivity contribution in [3.05, 3.63) is 29.3 Å². The van der Waals surface area contributed by atoms with Crippen LogP contribution in [0.4, 0.5) is 0 Å². The first kappa shape index (κ1) is 13.7. The predicted molar refractivity (Wildman–Crippen MR) is 75.9 cm³/mol. The zero-order valence-corrected chi connectivity index (χ0v) is 11.6. The standard InChI is InChI=1S/C14H20N2O.ClH/c1-16(13-9-15-10-13)6-4-11-2-3-14-12(8-11)5-7-17-14;/h2-3,8,13,15H,4-7,9-10H2,1H3;1H. The highest BCUT2D eigenvalue weighted by atomic mass is 35.5. The molecule has 0 saturated carbocycles. The molecule has 0 aromatic heterocycles. The Morgan fingerprint density at radius 1 is 1.39 bits per heavy atom. The molecule has 0 aliphatic carbocycles. The molecule has 2 heterocycles. The van der Waals surface area contributed by atoms with Gasteiger partial charge in [-0.3, -0.25) is 0 Å². The van der Waals surface area contributed by atoms with Gasteiger partial charge in [0.2, 0.25) is 0 Å². The van der Waals surface area contributed by atoms with Gasteiger partial charge in [-0.25, -0.2) is 0 Å². The molecule has 0 spiro atoms. The van der Waals surface area contributed by atoms with E-state index in [9.17, 15) is 0 Å². The summed E-state index contributed by atoms with van der Waals surface area (Å²) in [4.78, 5) is 2.46. The largest absolute Gasteiger partial charge is 0.493 e. The molecule has 0 amide bonds. The zero-order valence-electron chi connectivity index (χ0n) is 10.8. The minimum Gasteiger partial charge on any atom is -0.493 e. The van der Waals surface area contributed by atoms with Crippen LogP contribution in [0.15, 0.2) is 18.2 Å². The third-order valence-corrected chi connectivity index (χ3v) is 3.89. The number of rotatable bonds is 4. The van der Waals surface area contributed by atoms with E-state index in [1.54, 1.807) is 0 Å². The molecule has 2 aliphatic heterocycles. The molecule has 1 aromatic rings. The van der Waals surface area contributed by atoms with Gasteiger partial charge in [0.05, 0.1) is 6.61 Å². The Hall–Kier alpha value is -0.770. The van der Waals surface area contributed by atoms with Gasteiger partial charge in [-0.05, 0) is 30.7 Å². The van der Waals surface area contributed by atoms with Gasteiger partial charge in [0.1, 0.15) is 5.75 Å². The van der Waals surface area contributed by atoms with Crippen molar-refractivity contribution in [1.82, 2.24) is 10.2 Å². The number of ether oxygens (including phenoxy) is 1. The number of likely N-dealkylation sites (N-methyl/N-ethyl adjacent to an activating group) is 1. The summed E-state index contributed by atoms with van der Waals surface area (Å²) in [6, 6.07) is 7.39. The van der Waals surface area contributed by atoms with Gasteiger partial charge >= 0.3 is 0 Å². The van der Waals surface area contributed by atoms with E-state index >= 15 is 0 Å². The van der Waals surface area contributed by atoms with Gasteiger partial charge < -0.3 is 15.0 Å². The summed E-state index contributed by atoms with van der Waals surface area (Å²) in [5.41, 5.74) is 2.82. The Bertz CT molecular complexity index is 407. The lowest BCUT2D eigenvalue weighted by molar-refractivity contribution is 0.182. The van der Waals surface area contributed by atoms with Crippen molar-refractivity contribution in [2.45, 2.75) is 18.9 Å². The molecule has 4 heteroatoms. The Morgan fingerprint density at radius 3 is 2.94 bits per heavy atom. The topological polar surface area (TPSA) is 24.5 Å². The summed E-state index contributed by atoms with van der Waals surface area (Å²) in [7, 11) is 2.22. The van der Waals surface area contributed by atoms with Gasteiger partial charge in [0.15, 0.2) is 0 Å². The van der Waals surface area contributed by atoms with Crippen LogP contribution in [0.1, 0.15) is 11.1 Å². The highest BCUT2D eigenvalue weighted by molar-refractivity contribution is 5.85. The van der Waals surface area contributed by atoms with Crippen molar-refractivity contribution in [2.75, 3.05) is 33.3 Å². The summed E-state index contributed by atoms with van der Waals surface area (Å²) in [6.07, 6.45) is 2.21. The second-order valence-corrected chi connectivity index (χ2v) is 5.08. The first-order valence-electron chi connectivity index (χ1n) is 6.48. The van der Waals surface area contributed by atoms with E-state index in [0.717, 1.165) is 50.9 Å².